The second-order valence-corrected chi connectivity index (χ2v) is 7.66. The Balaban J connectivity index is 0.00000261. The molecule has 1 saturated heterocycles. The zero-order valence-electron chi connectivity index (χ0n) is 14.5. The number of anilines is 1. The molecule has 3 rings (SSSR count). The smallest absolute Gasteiger partial charge is 0.238 e. The van der Waals surface area contributed by atoms with Crippen LogP contribution in [-0.2, 0) is 14.8 Å². The molecule has 0 bridgehead atoms. The number of piperazine rings is 1. The van der Waals surface area contributed by atoms with Crippen LogP contribution in [0.25, 0.3) is 0 Å². The molecule has 8 nitrogen and oxygen atoms in total. The standard InChI is InChI=1S/C17H21N5O3S.ClH/c18-26(24,25)15-5-1-4-14(9-15)21-17(23)12-22-8-7-20-11-16(22)13-3-2-6-19-10-13;/h1-6,9-10,16,20H,7-8,11-12H2,(H,21,23)(H2,18,24,25);1H. The molecule has 0 aliphatic carbocycles. The maximum atomic E-state index is 12.4. The number of nitrogens with two attached hydrogens (primary N) is 1. The van der Waals surface area contributed by atoms with Gasteiger partial charge in [0.15, 0.2) is 0 Å². The molecule has 0 spiro atoms. The number of carbonyl (C=O) groups is 1. The number of primary sulfonamides is 1. The number of halogens is 1. The molecule has 1 atom stereocenters. The number of hydrogen-bond acceptors (Lipinski definition) is 6. The average molecular weight is 412 g/mol. The monoisotopic (exact) mass is 411 g/mol. The summed E-state index contributed by atoms with van der Waals surface area (Å²) in [4.78, 5) is 18.6. The van der Waals surface area contributed by atoms with Crippen molar-refractivity contribution in [1.82, 2.24) is 15.2 Å². The minimum atomic E-state index is -3.81. The Bertz CT molecular complexity index is 879. The van der Waals surface area contributed by atoms with Gasteiger partial charge in [-0.1, -0.05) is 12.1 Å². The van der Waals surface area contributed by atoms with Crippen LogP contribution in [0.4, 0.5) is 5.69 Å². The van der Waals surface area contributed by atoms with Crippen molar-refractivity contribution in [2.45, 2.75) is 10.9 Å². The predicted octanol–water partition coefficient (Wildman–Crippen LogP) is 0.736. The Morgan fingerprint density at radius 2 is 2.15 bits per heavy atom. The van der Waals surface area contributed by atoms with Gasteiger partial charge in [-0.05, 0) is 29.8 Å². The lowest BCUT2D eigenvalue weighted by atomic mass is 10.1. The molecule has 1 fully saturated rings. The topological polar surface area (TPSA) is 117 Å². The molecule has 4 N–H and O–H groups in total. The third-order valence-corrected chi connectivity index (χ3v) is 5.13. The van der Waals surface area contributed by atoms with Gasteiger partial charge in [-0.25, -0.2) is 13.6 Å². The molecular formula is C17H22ClN5O3S. The van der Waals surface area contributed by atoms with Crippen LogP contribution in [0.2, 0.25) is 0 Å². The van der Waals surface area contributed by atoms with Crippen molar-refractivity contribution in [2.75, 3.05) is 31.5 Å². The molecular weight excluding hydrogens is 390 g/mol. The number of hydrogen-bond donors (Lipinski definition) is 3. The zero-order chi connectivity index (χ0) is 18.6. The summed E-state index contributed by atoms with van der Waals surface area (Å²) in [5, 5.41) is 11.2. The Kier molecular flexibility index (Phi) is 7.28. The first-order valence-electron chi connectivity index (χ1n) is 8.21. The summed E-state index contributed by atoms with van der Waals surface area (Å²) in [5.74, 6) is -0.215. The van der Waals surface area contributed by atoms with Crippen LogP contribution in [0.1, 0.15) is 11.6 Å². The highest BCUT2D eigenvalue weighted by Crippen LogP contribution is 2.21. The Labute approximate surface area is 164 Å². The lowest BCUT2D eigenvalue weighted by Crippen LogP contribution is -2.48. The number of rotatable bonds is 5. The molecule has 1 aliphatic heterocycles. The fraction of sp³-hybridized carbons (Fsp3) is 0.294. The Hall–Kier alpha value is -2.04. The molecule has 0 radical (unpaired) electrons. The van der Waals surface area contributed by atoms with Gasteiger partial charge in [-0.15, -0.1) is 12.4 Å². The van der Waals surface area contributed by atoms with Gasteiger partial charge in [0.25, 0.3) is 0 Å². The first-order chi connectivity index (χ1) is 12.4. The predicted molar refractivity (Wildman–Crippen MR) is 105 cm³/mol. The van der Waals surface area contributed by atoms with E-state index in [9.17, 15) is 13.2 Å². The first kappa shape index (κ1) is 21.3. The highest BCUT2D eigenvalue weighted by molar-refractivity contribution is 7.89. The number of sulfonamides is 1. The summed E-state index contributed by atoms with van der Waals surface area (Å²) in [5.41, 5.74) is 1.44. The van der Waals surface area contributed by atoms with Crippen molar-refractivity contribution >= 4 is 34.0 Å². The molecule has 1 unspecified atom stereocenters. The van der Waals surface area contributed by atoms with Gasteiger partial charge in [-0.3, -0.25) is 14.7 Å². The fourth-order valence-corrected chi connectivity index (χ4v) is 3.53. The van der Waals surface area contributed by atoms with E-state index in [2.05, 4.69) is 20.5 Å². The number of amides is 1. The van der Waals surface area contributed by atoms with Crippen LogP contribution in [-0.4, -0.2) is 50.4 Å². The summed E-state index contributed by atoms with van der Waals surface area (Å²) in [6.07, 6.45) is 3.52. The number of pyridine rings is 1. The molecule has 1 aromatic heterocycles. The molecule has 1 aromatic carbocycles. The number of benzene rings is 1. The van der Waals surface area contributed by atoms with E-state index < -0.39 is 10.0 Å². The van der Waals surface area contributed by atoms with Crippen molar-refractivity contribution in [3.05, 3.63) is 54.4 Å². The first-order valence-corrected chi connectivity index (χ1v) is 9.75. The largest absolute Gasteiger partial charge is 0.325 e. The van der Waals surface area contributed by atoms with E-state index in [1.165, 1.54) is 12.1 Å². The Morgan fingerprint density at radius 1 is 1.33 bits per heavy atom. The van der Waals surface area contributed by atoms with E-state index in [0.29, 0.717) is 5.69 Å². The second kappa shape index (κ2) is 9.25. The minimum absolute atomic E-state index is 0. The zero-order valence-corrected chi connectivity index (χ0v) is 16.2. The van der Waals surface area contributed by atoms with Crippen LogP contribution in [0.15, 0.2) is 53.7 Å². The van der Waals surface area contributed by atoms with Gasteiger partial charge >= 0.3 is 0 Å². The van der Waals surface area contributed by atoms with Crippen molar-refractivity contribution in [3.63, 3.8) is 0 Å². The lowest BCUT2D eigenvalue weighted by Gasteiger charge is -2.35. The fourth-order valence-electron chi connectivity index (χ4n) is 2.97. The van der Waals surface area contributed by atoms with E-state index in [1.807, 2.05) is 12.1 Å². The highest BCUT2D eigenvalue weighted by atomic mass is 35.5. The van der Waals surface area contributed by atoms with Gasteiger partial charge in [0.05, 0.1) is 11.4 Å². The molecule has 1 amide bonds. The lowest BCUT2D eigenvalue weighted by molar-refractivity contribution is -0.118. The summed E-state index contributed by atoms with van der Waals surface area (Å²) in [7, 11) is -3.81. The van der Waals surface area contributed by atoms with E-state index >= 15 is 0 Å². The van der Waals surface area contributed by atoms with Crippen LogP contribution in [0, 0.1) is 0 Å². The molecule has 1 aliphatic rings. The molecule has 27 heavy (non-hydrogen) atoms. The highest BCUT2D eigenvalue weighted by Gasteiger charge is 2.25. The van der Waals surface area contributed by atoms with Gasteiger partial charge in [0, 0.05) is 43.8 Å². The normalized spacial score (nSPS) is 17.7. The van der Waals surface area contributed by atoms with Gasteiger partial charge in [0.2, 0.25) is 15.9 Å². The van der Waals surface area contributed by atoms with E-state index in [-0.39, 0.29) is 35.8 Å². The summed E-state index contributed by atoms with van der Waals surface area (Å²) < 4.78 is 22.9. The summed E-state index contributed by atoms with van der Waals surface area (Å²) in [6.45, 7) is 2.45. The van der Waals surface area contributed by atoms with Gasteiger partial charge in [-0.2, -0.15) is 0 Å². The number of aromatic nitrogens is 1. The SMILES string of the molecule is Cl.NS(=O)(=O)c1cccc(NC(=O)CN2CCNCC2c2cccnc2)c1. The quantitative estimate of drug-likeness (QED) is 0.667. The summed E-state index contributed by atoms with van der Waals surface area (Å²) in [6, 6.07) is 9.83. The van der Waals surface area contributed by atoms with Crippen molar-refractivity contribution in [1.29, 1.82) is 0 Å². The van der Waals surface area contributed by atoms with Crippen molar-refractivity contribution < 1.29 is 13.2 Å². The maximum Gasteiger partial charge on any atom is 0.238 e. The van der Waals surface area contributed by atoms with E-state index in [4.69, 9.17) is 5.14 Å². The third kappa shape index (κ3) is 5.72. The van der Waals surface area contributed by atoms with Crippen LogP contribution >= 0.6 is 12.4 Å². The molecule has 146 valence electrons. The Morgan fingerprint density at radius 3 is 2.85 bits per heavy atom. The van der Waals surface area contributed by atoms with Crippen LogP contribution < -0.4 is 15.8 Å². The number of nitrogens with zero attached hydrogens (tertiary/aromatic N) is 2. The molecule has 2 aromatic rings. The van der Waals surface area contributed by atoms with Gasteiger partial charge < -0.3 is 10.6 Å². The van der Waals surface area contributed by atoms with E-state index in [0.717, 1.165) is 25.2 Å². The van der Waals surface area contributed by atoms with Crippen molar-refractivity contribution in [3.8, 4) is 0 Å². The minimum Gasteiger partial charge on any atom is -0.325 e. The van der Waals surface area contributed by atoms with Crippen molar-refractivity contribution in [2.24, 2.45) is 5.14 Å². The van der Waals surface area contributed by atoms with Crippen LogP contribution in [0.5, 0.6) is 0 Å². The molecule has 10 heteroatoms. The third-order valence-electron chi connectivity index (χ3n) is 4.22. The van der Waals surface area contributed by atoms with Crippen LogP contribution in [0.3, 0.4) is 0 Å². The van der Waals surface area contributed by atoms with Gasteiger partial charge in [0.1, 0.15) is 0 Å². The second-order valence-electron chi connectivity index (χ2n) is 6.10. The number of nitrogens with one attached hydrogen (secondary N) is 2. The summed E-state index contributed by atoms with van der Waals surface area (Å²) >= 11 is 0. The molecule has 0 saturated carbocycles. The average Bonchev–Trinajstić information content (AvgIpc) is 2.62. The number of carbonyl (C=O) groups excluding carboxylic acids is 1. The molecule has 2 heterocycles. The maximum absolute atomic E-state index is 12.4. The van der Waals surface area contributed by atoms with E-state index in [1.54, 1.807) is 24.5 Å².